The van der Waals surface area contributed by atoms with Crippen molar-refractivity contribution in [2.45, 2.75) is 0 Å². The van der Waals surface area contributed by atoms with Crippen molar-refractivity contribution in [1.29, 1.82) is 0 Å². The lowest BCUT2D eigenvalue weighted by atomic mass is 10.2. The molecule has 6 heteroatoms. The minimum atomic E-state index is -0.427. The summed E-state index contributed by atoms with van der Waals surface area (Å²) in [6, 6.07) is 19.5. The summed E-state index contributed by atoms with van der Waals surface area (Å²) in [7, 11) is 0. The summed E-state index contributed by atoms with van der Waals surface area (Å²) in [4.78, 5) is 26.3. The Morgan fingerprint density at radius 1 is 1.03 bits per heavy atom. The van der Waals surface area contributed by atoms with Crippen molar-refractivity contribution in [2.24, 2.45) is 0 Å². The lowest BCUT2D eigenvalue weighted by Crippen LogP contribution is -2.30. The first kappa shape index (κ1) is 20.1. The molecule has 0 spiro atoms. The average molecular weight is 404 g/mol. The molecule has 0 saturated carbocycles. The van der Waals surface area contributed by atoms with Crippen molar-refractivity contribution in [3.05, 3.63) is 101 Å². The quantitative estimate of drug-likeness (QED) is 0.422. The fourth-order valence-electron chi connectivity index (χ4n) is 2.48. The Bertz CT molecular complexity index is 1010. The smallest absolute Gasteiger partial charge is 0.272 e. The second kappa shape index (κ2) is 10.1. The van der Waals surface area contributed by atoms with Gasteiger partial charge in [-0.2, -0.15) is 0 Å². The van der Waals surface area contributed by atoms with E-state index in [2.05, 4.69) is 17.2 Å². The molecule has 1 heterocycles. The maximum atomic E-state index is 12.9. The number of rotatable bonds is 8. The Labute approximate surface area is 173 Å². The lowest BCUT2D eigenvalue weighted by molar-refractivity contribution is -0.113. The zero-order valence-electron chi connectivity index (χ0n) is 15.6. The Morgan fingerprint density at radius 3 is 2.59 bits per heavy atom. The first-order chi connectivity index (χ1) is 14.2. The molecule has 0 unspecified atom stereocenters. The van der Waals surface area contributed by atoms with E-state index in [0.717, 1.165) is 4.88 Å². The molecule has 0 atom stereocenters. The number of thiophene rings is 1. The SMILES string of the molecule is C=CCOc1cccc(NC(=O)/C(=C/c2cccs2)NC(=O)c2ccccc2)c1. The van der Waals surface area contributed by atoms with Gasteiger partial charge in [0.05, 0.1) is 0 Å². The van der Waals surface area contributed by atoms with Gasteiger partial charge >= 0.3 is 0 Å². The fourth-order valence-corrected chi connectivity index (χ4v) is 3.13. The molecule has 0 aliphatic heterocycles. The summed E-state index contributed by atoms with van der Waals surface area (Å²) in [6.07, 6.45) is 3.30. The van der Waals surface area contributed by atoms with Crippen molar-refractivity contribution >= 4 is 34.9 Å². The highest BCUT2D eigenvalue weighted by molar-refractivity contribution is 7.10. The van der Waals surface area contributed by atoms with Crippen molar-refractivity contribution in [3.63, 3.8) is 0 Å². The molecule has 2 N–H and O–H groups in total. The molecule has 3 aromatic rings. The molecule has 0 radical (unpaired) electrons. The first-order valence-electron chi connectivity index (χ1n) is 8.92. The summed E-state index contributed by atoms with van der Waals surface area (Å²) in [5.41, 5.74) is 1.18. The summed E-state index contributed by atoms with van der Waals surface area (Å²) < 4.78 is 5.49. The van der Waals surface area contributed by atoms with E-state index in [1.807, 2.05) is 23.6 Å². The normalized spacial score (nSPS) is 10.8. The van der Waals surface area contributed by atoms with Gasteiger partial charge in [-0.3, -0.25) is 9.59 Å². The second-order valence-corrected chi connectivity index (χ2v) is 6.95. The molecule has 5 nitrogen and oxygen atoms in total. The number of hydrogen-bond acceptors (Lipinski definition) is 4. The van der Waals surface area contributed by atoms with E-state index in [1.165, 1.54) is 11.3 Å². The van der Waals surface area contributed by atoms with Gasteiger partial charge in [0.15, 0.2) is 0 Å². The molecule has 146 valence electrons. The molecule has 29 heavy (non-hydrogen) atoms. The Morgan fingerprint density at radius 2 is 1.86 bits per heavy atom. The number of carbonyl (C=O) groups is 2. The van der Waals surface area contributed by atoms with Crippen LogP contribution in [0.15, 0.2) is 90.5 Å². The molecular formula is C23H20N2O3S. The van der Waals surface area contributed by atoms with Crippen LogP contribution in [0.5, 0.6) is 5.75 Å². The summed E-state index contributed by atoms with van der Waals surface area (Å²) in [5.74, 6) is -0.171. The molecule has 0 aliphatic carbocycles. The Balaban J connectivity index is 1.79. The van der Waals surface area contributed by atoms with Gasteiger partial charge < -0.3 is 15.4 Å². The van der Waals surface area contributed by atoms with E-state index in [4.69, 9.17) is 4.74 Å². The lowest BCUT2D eigenvalue weighted by Gasteiger charge is -2.12. The zero-order valence-corrected chi connectivity index (χ0v) is 16.4. The highest BCUT2D eigenvalue weighted by Gasteiger charge is 2.15. The molecule has 0 bridgehead atoms. The minimum Gasteiger partial charge on any atom is -0.489 e. The predicted octanol–water partition coefficient (Wildman–Crippen LogP) is 4.72. The zero-order chi connectivity index (χ0) is 20.5. The van der Waals surface area contributed by atoms with Crippen molar-refractivity contribution in [3.8, 4) is 5.75 Å². The number of nitrogens with one attached hydrogen (secondary N) is 2. The van der Waals surface area contributed by atoms with Crippen LogP contribution in [0, 0.1) is 0 Å². The van der Waals surface area contributed by atoms with Crippen LogP contribution in [0.2, 0.25) is 0 Å². The van der Waals surface area contributed by atoms with E-state index in [9.17, 15) is 9.59 Å². The van der Waals surface area contributed by atoms with Crippen molar-refractivity contribution in [2.75, 3.05) is 11.9 Å². The third kappa shape index (κ3) is 5.92. The van der Waals surface area contributed by atoms with Crippen LogP contribution in [0.3, 0.4) is 0 Å². The van der Waals surface area contributed by atoms with Gasteiger partial charge in [-0.15, -0.1) is 11.3 Å². The average Bonchev–Trinajstić information content (AvgIpc) is 3.26. The summed E-state index contributed by atoms with van der Waals surface area (Å²) in [5, 5.41) is 7.42. The number of hydrogen-bond donors (Lipinski definition) is 2. The first-order valence-corrected chi connectivity index (χ1v) is 9.80. The highest BCUT2D eigenvalue weighted by atomic mass is 32.1. The Hall–Kier alpha value is -3.64. The number of benzene rings is 2. The standard InChI is InChI=1S/C23H20N2O3S/c1-2-13-28-19-11-6-10-18(15-19)24-23(27)21(16-20-12-7-14-29-20)25-22(26)17-8-4-3-5-9-17/h2-12,14-16H,1,13H2,(H,24,27)(H,25,26)/b21-16-. The monoisotopic (exact) mass is 404 g/mol. The van der Waals surface area contributed by atoms with Crippen LogP contribution >= 0.6 is 11.3 Å². The molecule has 0 fully saturated rings. The van der Waals surface area contributed by atoms with Gasteiger partial charge in [-0.1, -0.05) is 43.0 Å². The number of amides is 2. The van der Waals surface area contributed by atoms with E-state index in [0.29, 0.717) is 23.6 Å². The van der Waals surface area contributed by atoms with Gasteiger partial charge in [0.2, 0.25) is 0 Å². The molecule has 0 aliphatic rings. The third-order valence-electron chi connectivity index (χ3n) is 3.82. The van der Waals surface area contributed by atoms with E-state index in [1.54, 1.807) is 60.7 Å². The van der Waals surface area contributed by atoms with Crippen LogP contribution in [0.25, 0.3) is 6.08 Å². The number of ether oxygens (including phenoxy) is 1. The van der Waals surface area contributed by atoms with Crippen LogP contribution < -0.4 is 15.4 Å². The summed E-state index contributed by atoms with van der Waals surface area (Å²) >= 11 is 1.47. The van der Waals surface area contributed by atoms with Crippen LogP contribution in [0.1, 0.15) is 15.2 Å². The van der Waals surface area contributed by atoms with E-state index < -0.39 is 5.91 Å². The molecule has 2 aromatic carbocycles. The van der Waals surface area contributed by atoms with Gasteiger partial charge in [0, 0.05) is 22.2 Å². The van der Waals surface area contributed by atoms with Crippen LogP contribution in [-0.4, -0.2) is 18.4 Å². The molecular weight excluding hydrogens is 384 g/mol. The van der Waals surface area contributed by atoms with Crippen LogP contribution in [0.4, 0.5) is 5.69 Å². The van der Waals surface area contributed by atoms with Gasteiger partial charge in [0.25, 0.3) is 11.8 Å². The second-order valence-electron chi connectivity index (χ2n) is 5.98. The minimum absolute atomic E-state index is 0.152. The van der Waals surface area contributed by atoms with Gasteiger partial charge in [-0.25, -0.2) is 0 Å². The van der Waals surface area contributed by atoms with Crippen molar-refractivity contribution in [1.82, 2.24) is 5.32 Å². The predicted molar refractivity (Wildman–Crippen MR) is 117 cm³/mol. The third-order valence-corrected chi connectivity index (χ3v) is 4.64. The van der Waals surface area contributed by atoms with E-state index >= 15 is 0 Å². The topological polar surface area (TPSA) is 67.4 Å². The molecule has 3 rings (SSSR count). The van der Waals surface area contributed by atoms with Gasteiger partial charge in [0.1, 0.15) is 18.1 Å². The van der Waals surface area contributed by atoms with Gasteiger partial charge in [-0.05, 0) is 41.8 Å². The van der Waals surface area contributed by atoms with Crippen molar-refractivity contribution < 1.29 is 14.3 Å². The maximum Gasteiger partial charge on any atom is 0.272 e. The Kier molecular flexibility index (Phi) is 6.97. The summed E-state index contributed by atoms with van der Waals surface area (Å²) in [6.45, 7) is 3.99. The highest BCUT2D eigenvalue weighted by Crippen LogP contribution is 2.19. The fraction of sp³-hybridized carbons (Fsp3) is 0.0435. The van der Waals surface area contributed by atoms with E-state index in [-0.39, 0.29) is 11.6 Å². The largest absolute Gasteiger partial charge is 0.489 e. The maximum absolute atomic E-state index is 12.9. The molecule has 0 saturated heterocycles. The molecule has 1 aromatic heterocycles. The molecule has 2 amide bonds. The van der Waals surface area contributed by atoms with Crippen LogP contribution in [-0.2, 0) is 4.79 Å². The number of anilines is 1. The number of carbonyl (C=O) groups excluding carboxylic acids is 2.